The highest BCUT2D eigenvalue weighted by molar-refractivity contribution is 7.87. The van der Waals surface area contributed by atoms with Crippen LogP contribution in [-0.4, -0.2) is 43.2 Å². The van der Waals surface area contributed by atoms with Crippen molar-refractivity contribution in [3.8, 4) is 0 Å². The molecule has 1 rings (SSSR count). The first-order chi connectivity index (χ1) is 7.73. The average Bonchev–Trinajstić information content (AvgIpc) is 2.57. The van der Waals surface area contributed by atoms with Gasteiger partial charge in [-0.1, -0.05) is 0 Å². The van der Waals surface area contributed by atoms with E-state index >= 15 is 0 Å². The van der Waals surface area contributed by atoms with Crippen LogP contribution in [0.4, 0.5) is 13.2 Å². The third kappa shape index (κ3) is 2.83. The standard InChI is InChI=1S/C8H13F3N2O3S/c1-3-12-5-6-13(4-2)7(12)16-17(14,15)8(9,10)11/h5-7H,3-4H2,1-2H3. The van der Waals surface area contributed by atoms with Crippen LogP contribution >= 0.6 is 0 Å². The highest BCUT2D eigenvalue weighted by Gasteiger charge is 2.50. The van der Waals surface area contributed by atoms with Crippen LogP contribution in [0.2, 0.25) is 0 Å². The van der Waals surface area contributed by atoms with Gasteiger partial charge < -0.3 is 9.80 Å². The van der Waals surface area contributed by atoms with Crippen molar-refractivity contribution in [2.75, 3.05) is 13.1 Å². The van der Waals surface area contributed by atoms with Gasteiger partial charge in [-0.3, -0.25) is 0 Å². The van der Waals surface area contributed by atoms with Crippen molar-refractivity contribution >= 4 is 10.1 Å². The molecule has 0 saturated carbocycles. The minimum Gasteiger partial charge on any atom is -0.333 e. The van der Waals surface area contributed by atoms with Crippen LogP contribution < -0.4 is 0 Å². The second-order valence-electron chi connectivity index (χ2n) is 3.28. The van der Waals surface area contributed by atoms with E-state index in [1.807, 2.05) is 0 Å². The lowest BCUT2D eigenvalue weighted by Gasteiger charge is -2.30. The zero-order valence-electron chi connectivity index (χ0n) is 9.31. The number of alkyl halides is 3. The molecule has 0 fully saturated rings. The van der Waals surface area contributed by atoms with Gasteiger partial charge in [0.15, 0.2) is 0 Å². The molecule has 0 aliphatic carbocycles. The fourth-order valence-electron chi connectivity index (χ4n) is 1.31. The summed E-state index contributed by atoms with van der Waals surface area (Å²) in [7, 11) is -5.59. The van der Waals surface area contributed by atoms with Crippen molar-refractivity contribution in [2.45, 2.75) is 25.7 Å². The zero-order chi connectivity index (χ0) is 13.3. The first kappa shape index (κ1) is 14.1. The van der Waals surface area contributed by atoms with E-state index in [0.717, 1.165) is 0 Å². The first-order valence-corrected chi connectivity index (χ1v) is 6.33. The van der Waals surface area contributed by atoms with Crippen molar-refractivity contribution in [2.24, 2.45) is 0 Å². The Hall–Kier alpha value is -0.960. The van der Waals surface area contributed by atoms with E-state index in [9.17, 15) is 21.6 Å². The molecule has 0 aromatic carbocycles. The summed E-state index contributed by atoms with van der Waals surface area (Å²) in [5.74, 6) is 0. The molecule has 0 radical (unpaired) electrons. The molecule has 1 aliphatic heterocycles. The molecule has 0 bridgehead atoms. The van der Waals surface area contributed by atoms with Gasteiger partial charge in [-0.25, -0.2) is 4.18 Å². The predicted molar refractivity (Wildman–Crippen MR) is 53.7 cm³/mol. The van der Waals surface area contributed by atoms with Crippen LogP contribution in [0.25, 0.3) is 0 Å². The number of rotatable bonds is 4. The Bertz CT molecular complexity index is 379. The predicted octanol–water partition coefficient (Wildman–Crippen LogP) is 1.26. The topological polar surface area (TPSA) is 49.9 Å². The molecular weight excluding hydrogens is 261 g/mol. The molecule has 0 atom stereocenters. The van der Waals surface area contributed by atoms with Gasteiger partial charge in [0.2, 0.25) is 6.35 Å². The molecule has 0 aromatic rings. The minimum atomic E-state index is -5.59. The molecule has 5 nitrogen and oxygen atoms in total. The van der Waals surface area contributed by atoms with E-state index in [4.69, 9.17) is 0 Å². The maximum atomic E-state index is 12.2. The summed E-state index contributed by atoms with van der Waals surface area (Å²) >= 11 is 0. The van der Waals surface area contributed by atoms with Crippen LogP contribution in [-0.2, 0) is 14.3 Å². The Morgan fingerprint density at radius 1 is 1.18 bits per heavy atom. The number of halogens is 3. The summed E-state index contributed by atoms with van der Waals surface area (Å²) in [6, 6.07) is 0. The maximum absolute atomic E-state index is 12.2. The summed E-state index contributed by atoms with van der Waals surface area (Å²) in [6.07, 6.45) is 1.71. The summed E-state index contributed by atoms with van der Waals surface area (Å²) in [4.78, 5) is 2.71. The van der Waals surface area contributed by atoms with Gasteiger partial charge in [0.05, 0.1) is 0 Å². The highest BCUT2D eigenvalue weighted by Crippen LogP contribution is 2.28. The minimum absolute atomic E-state index is 0.338. The van der Waals surface area contributed by atoms with E-state index < -0.39 is 22.0 Å². The molecule has 1 aliphatic rings. The van der Waals surface area contributed by atoms with Crippen LogP contribution in [0.15, 0.2) is 12.4 Å². The normalized spacial score (nSPS) is 18.2. The largest absolute Gasteiger partial charge is 0.523 e. The van der Waals surface area contributed by atoms with Crippen LogP contribution in [0.5, 0.6) is 0 Å². The molecule has 0 spiro atoms. The molecule has 0 amide bonds. The van der Waals surface area contributed by atoms with Gasteiger partial charge in [0.25, 0.3) is 0 Å². The number of nitrogens with zero attached hydrogens (tertiary/aromatic N) is 2. The Kier molecular flexibility index (Phi) is 3.92. The quantitative estimate of drug-likeness (QED) is 0.570. The first-order valence-electron chi connectivity index (χ1n) is 4.92. The fraction of sp³-hybridized carbons (Fsp3) is 0.750. The highest BCUT2D eigenvalue weighted by atomic mass is 32.2. The molecule has 9 heteroatoms. The van der Waals surface area contributed by atoms with Gasteiger partial charge in [0.1, 0.15) is 0 Å². The lowest BCUT2D eigenvalue weighted by Crippen LogP contribution is -2.44. The second kappa shape index (κ2) is 4.73. The van der Waals surface area contributed by atoms with Crippen molar-refractivity contribution in [3.05, 3.63) is 12.4 Å². The molecule has 1 heterocycles. The molecule has 0 N–H and O–H groups in total. The summed E-state index contributed by atoms with van der Waals surface area (Å²) in [5, 5.41) is 0. The molecule has 100 valence electrons. The molecular formula is C8H13F3N2O3S. The molecule has 17 heavy (non-hydrogen) atoms. The van der Waals surface area contributed by atoms with Crippen LogP contribution in [0.3, 0.4) is 0 Å². The van der Waals surface area contributed by atoms with Crippen LogP contribution in [0, 0.1) is 0 Å². The van der Waals surface area contributed by atoms with E-state index in [1.54, 1.807) is 13.8 Å². The van der Waals surface area contributed by atoms with E-state index in [2.05, 4.69) is 4.18 Å². The van der Waals surface area contributed by atoms with Gasteiger partial charge in [-0.05, 0) is 13.8 Å². The lowest BCUT2D eigenvalue weighted by molar-refractivity contribution is -0.0787. The van der Waals surface area contributed by atoms with Gasteiger partial charge in [-0.2, -0.15) is 21.6 Å². The number of hydrogen-bond donors (Lipinski definition) is 0. The Morgan fingerprint density at radius 3 is 1.88 bits per heavy atom. The van der Waals surface area contributed by atoms with Crippen LogP contribution in [0.1, 0.15) is 13.8 Å². The molecule has 0 saturated heterocycles. The third-order valence-electron chi connectivity index (χ3n) is 2.24. The van der Waals surface area contributed by atoms with E-state index in [1.165, 1.54) is 22.2 Å². The van der Waals surface area contributed by atoms with Crippen molar-refractivity contribution < 1.29 is 25.8 Å². The Labute approximate surface area is 97.6 Å². The maximum Gasteiger partial charge on any atom is 0.523 e. The summed E-state index contributed by atoms with van der Waals surface area (Å²) in [6.45, 7) is 4.04. The second-order valence-corrected chi connectivity index (χ2v) is 4.85. The SMILES string of the molecule is CCN1C=CN(CC)C1OS(=O)(=O)C(F)(F)F. The molecule has 0 aromatic heterocycles. The Balaban J connectivity index is 2.87. The molecule has 0 unspecified atom stereocenters. The number of hydrogen-bond acceptors (Lipinski definition) is 5. The third-order valence-corrected chi connectivity index (χ3v) is 3.24. The average molecular weight is 274 g/mol. The lowest BCUT2D eigenvalue weighted by atomic mass is 10.6. The van der Waals surface area contributed by atoms with Gasteiger partial charge in [-0.15, -0.1) is 0 Å². The smallest absolute Gasteiger partial charge is 0.333 e. The monoisotopic (exact) mass is 274 g/mol. The van der Waals surface area contributed by atoms with E-state index in [0.29, 0.717) is 13.1 Å². The zero-order valence-corrected chi connectivity index (χ0v) is 10.1. The van der Waals surface area contributed by atoms with Crippen molar-refractivity contribution in [3.63, 3.8) is 0 Å². The summed E-state index contributed by atoms with van der Waals surface area (Å²) < 4.78 is 62.5. The van der Waals surface area contributed by atoms with E-state index in [-0.39, 0.29) is 0 Å². The van der Waals surface area contributed by atoms with Gasteiger partial charge in [0, 0.05) is 25.5 Å². The Morgan fingerprint density at radius 2 is 1.59 bits per heavy atom. The van der Waals surface area contributed by atoms with Crippen molar-refractivity contribution in [1.29, 1.82) is 0 Å². The van der Waals surface area contributed by atoms with Crippen molar-refractivity contribution in [1.82, 2.24) is 9.80 Å². The van der Waals surface area contributed by atoms with Gasteiger partial charge >= 0.3 is 15.6 Å². The summed E-state index contributed by atoms with van der Waals surface area (Å²) in [5.41, 5.74) is -5.41. The fourth-order valence-corrected chi connectivity index (χ4v) is 1.87.